The molecule has 2 atom stereocenters. The van der Waals surface area contributed by atoms with Crippen LogP contribution in [0.25, 0.3) is 10.9 Å². The first-order valence-corrected chi connectivity index (χ1v) is 13.6. The molecule has 0 saturated carbocycles. The minimum Gasteiger partial charge on any atom is -0.386 e. The molecule has 0 bridgehead atoms. The van der Waals surface area contributed by atoms with E-state index in [4.69, 9.17) is 23.2 Å². The fraction of sp³-hybridized carbons (Fsp3) is 0.429. The smallest absolute Gasteiger partial charge is 0.0814 e. The minimum absolute atomic E-state index is 0.0861. The molecule has 0 fully saturated rings. The van der Waals surface area contributed by atoms with Gasteiger partial charge in [0.15, 0.2) is 0 Å². The summed E-state index contributed by atoms with van der Waals surface area (Å²) in [5, 5.41) is 9.84. The van der Waals surface area contributed by atoms with Gasteiger partial charge >= 0.3 is 0 Å². The monoisotopic (exact) mass is 526 g/mol. The zero-order valence-electron chi connectivity index (χ0n) is 21.1. The lowest BCUT2D eigenvalue weighted by Crippen LogP contribution is -2.41. The summed E-state index contributed by atoms with van der Waals surface area (Å²) in [6.45, 7) is 12.3. The van der Waals surface area contributed by atoms with Crippen molar-refractivity contribution in [3.8, 4) is 0 Å². The average Bonchev–Trinajstić information content (AvgIpc) is 2.88. The highest BCUT2D eigenvalue weighted by atomic mass is 35.5. The normalized spacial score (nSPS) is 18.9. The molecule has 0 radical (unpaired) electrons. The second-order valence-electron chi connectivity index (χ2n) is 9.09. The summed E-state index contributed by atoms with van der Waals surface area (Å²) in [6.07, 6.45) is 11.9. The third-order valence-corrected chi connectivity index (χ3v) is 7.35. The Hall–Kier alpha value is -2.38. The van der Waals surface area contributed by atoms with Gasteiger partial charge in [-0.05, 0) is 55.6 Å². The number of anilines is 1. The standard InChI is InChI=1S/C28H36Cl2N6/c1-3-35(4-2)17-18-36(15-13-33-25-9-11-31-27-19-21(29)5-7-23(25)27)16-14-34-26-10-12-32-28-20-22(30)6-8-24(26)28/h5-12,19-20,23,27,33H,3-4,13-18H2,1-2H3,(H,32,34). The molecular weight excluding hydrogens is 491 g/mol. The number of aromatic nitrogens is 1. The number of hydrogen-bond acceptors (Lipinski definition) is 6. The van der Waals surface area contributed by atoms with Crippen molar-refractivity contribution >= 4 is 46.0 Å². The topological polar surface area (TPSA) is 55.8 Å². The van der Waals surface area contributed by atoms with E-state index in [1.165, 1.54) is 5.70 Å². The predicted molar refractivity (Wildman–Crippen MR) is 154 cm³/mol. The Kier molecular flexibility index (Phi) is 9.82. The van der Waals surface area contributed by atoms with E-state index in [-0.39, 0.29) is 12.0 Å². The Labute approximate surface area is 224 Å². The van der Waals surface area contributed by atoms with Crippen molar-refractivity contribution in [3.05, 3.63) is 70.5 Å². The molecule has 192 valence electrons. The lowest BCUT2D eigenvalue weighted by Gasteiger charge is -2.30. The van der Waals surface area contributed by atoms with E-state index < -0.39 is 0 Å². The number of fused-ring (bicyclic) bond motifs is 2. The predicted octanol–water partition coefficient (Wildman–Crippen LogP) is 5.18. The molecule has 4 rings (SSSR count). The molecular formula is C28H36Cl2N6. The molecule has 1 aromatic heterocycles. The SMILES string of the molecule is CCN(CC)CCN(CCNC1=CC=NC2C=C(Cl)C=CC12)CCNc1ccnc2cc(Cl)ccc12. The number of dihydropyridines is 1. The zero-order valence-corrected chi connectivity index (χ0v) is 22.6. The fourth-order valence-electron chi connectivity index (χ4n) is 4.71. The molecule has 0 amide bonds. The fourth-order valence-corrected chi connectivity index (χ4v) is 5.07. The van der Waals surface area contributed by atoms with Crippen LogP contribution in [0.4, 0.5) is 5.69 Å². The molecule has 0 saturated heterocycles. The zero-order chi connectivity index (χ0) is 25.3. The molecule has 2 heterocycles. The number of rotatable bonds is 13. The van der Waals surface area contributed by atoms with Crippen LogP contribution in [0.15, 0.2) is 70.5 Å². The Bertz CT molecular complexity index is 1140. The van der Waals surface area contributed by atoms with Crippen LogP contribution in [-0.4, -0.2) is 79.4 Å². The van der Waals surface area contributed by atoms with Gasteiger partial charge in [-0.25, -0.2) is 0 Å². The van der Waals surface area contributed by atoms with Crippen molar-refractivity contribution in [3.63, 3.8) is 0 Å². The highest BCUT2D eigenvalue weighted by Gasteiger charge is 2.25. The maximum Gasteiger partial charge on any atom is 0.0814 e. The highest BCUT2D eigenvalue weighted by Crippen LogP contribution is 2.28. The van der Waals surface area contributed by atoms with E-state index >= 15 is 0 Å². The van der Waals surface area contributed by atoms with Crippen molar-refractivity contribution in [1.29, 1.82) is 0 Å². The van der Waals surface area contributed by atoms with Gasteiger partial charge in [0.1, 0.15) is 0 Å². The number of aliphatic imine (C=N–C) groups is 1. The van der Waals surface area contributed by atoms with E-state index in [2.05, 4.69) is 56.4 Å². The Morgan fingerprint density at radius 1 is 0.944 bits per heavy atom. The van der Waals surface area contributed by atoms with Gasteiger partial charge in [0.25, 0.3) is 0 Å². The summed E-state index contributed by atoms with van der Waals surface area (Å²) in [4.78, 5) is 14.0. The van der Waals surface area contributed by atoms with Gasteiger partial charge in [-0.1, -0.05) is 43.1 Å². The summed E-state index contributed by atoms with van der Waals surface area (Å²) in [6, 6.07) is 7.97. The minimum atomic E-state index is 0.0861. The van der Waals surface area contributed by atoms with E-state index in [1.54, 1.807) is 0 Å². The van der Waals surface area contributed by atoms with Crippen LogP contribution in [0.1, 0.15) is 13.8 Å². The van der Waals surface area contributed by atoms with Gasteiger partial charge in [-0.2, -0.15) is 0 Å². The number of nitrogens with zero attached hydrogens (tertiary/aromatic N) is 4. The summed E-state index contributed by atoms with van der Waals surface area (Å²) < 4.78 is 0. The van der Waals surface area contributed by atoms with Crippen molar-refractivity contribution in [2.75, 3.05) is 57.7 Å². The van der Waals surface area contributed by atoms with Gasteiger partial charge in [-0.3, -0.25) is 14.9 Å². The Balaban J connectivity index is 1.33. The van der Waals surface area contributed by atoms with Crippen molar-refractivity contribution in [2.45, 2.75) is 19.9 Å². The maximum absolute atomic E-state index is 6.18. The van der Waals surface area contributed by atoms with Crippen LogP contribution in [-0.2, 0) is 0 Å². The van der Waals surface area contributed by atoms with E-state index in [0.717, 1.165) is 74.0 Å². The van der Waals surface area contributed by atoms with E-state index in [9.17, 15) is 0 Å². The molecule has 2 unspecified atom stereocenters. The lowest BCUT2D eigenvalue weighted by molar-refractivity contribution is 0.219. The van der Waals surface area contributed by atoms with Crippen LogP contribution < -0.4 is 10.6 Å². The number of pyridine rings is 1. The van der Waals surface area contributed by atoms with E-state index in [1.807, 2.05) is 48.8 Å². The first kappa shape index (κ1) is 26.7. The molecule has 0 spiro atoms. The number of hydrogen-bond donors (Lipinski definition) is 2. The number of halogens is 2. The molecule has 6 nitrogen and oxygen atoms in total. The quantitative estimate of drug-likeness (QED) is 0.376. The molecule has 1 aliphatic carbocycles. The van der Waals surface area contributed by atoms with Crippen LogP contribution in [0.3, 0.4) is 0 Å². The van der Waals surface area contributed by atoms with Crippen LogP contribution in [0.5, 0.6) is 0 Å². The third kappa shape index (κ3) is 7.10. The molecule has 8 heteroatoms. The number of benzene rings is 1. The first-order valence-electron chi connectivity index (χ1n) is 12.8. The first-order chi connectivity index (χ1) is 17.6. The van der Waals surface area contributed by atoms with Crippen molar-refractivity contribution in [2.24, 2.45) is 10.9 Å². The second-order valence-corrected chi connectivity index (χ2v) is 9.96. The Morgan fingerprint density at radius 3 is 2.53 bits per heavy atom. The summed E-state index contributed by atoms with van der Waals surface area (Å²) in [5.41, 5.74) is 3.20. The molecule has 36 heavy (non-hydrogen) atoms. The van der Waals surface area contributed by atoms with Crippen LogP contribution in [0, 0.1) is 5.92 Å². The summed E-state index contributed by atoms with van der Waals surface area (Å²) in [5.74, 6) is 0.233. The summed E-state index contributed by atoms with van der Waals surface area (Å²) in [7, 11) is 0. The van der Waals surface area contributed by atoms with Gasteiger partial charge in [0, 0.05) is 84.4 Å². The third-order valence-electron chi connectivity index (χ3n) is 6.86. The molecule has 1 aromatic carbocycles. The van der Waals surface area contributed by atoms with Gasteiger partial charge in [0.05, 0.1) is 11.6 Å². The number of nitrogens with one attached hydrogen (secondary N) is 2. The average molecular weight is 528 g/mol. The van der Waals surface area contributed by atoms with Gasteiger partial charge in [-0.15, -0.1) is 0 Å². The van der Waals surface area contributed by atoms with Gasteiger partial charge in [0.2, 0.25) is 0 Å². The van der Waals surface area contributed by atoms with Crippen molar-refractivity contribution < 1.29 is 0 Å². The largest absolute Gasteiger partial charge is 0.386 e. The Morgan fingerprint density at radius 2 is 1.72 bits per heavy atom. The molecule has 2 aromatic rings. The van der Waals surface area contributed by atoms with Gasteiger partial charge < -0.3 is 15.5 Å². The number of likely N-dealkylation sites (N-methyl/N-ethyl adjacent to an activating group) is 1. The maximum atomic E-state index is 6.18. The second kappa shape index (κ2) is 13.2. The molecule has 1 aliphatic heterocycles. The highest BCUT2D eigenvalue weighted by molar-refractivity contribution is 6.31. The van der Waals surface area contributed by atoms with E-state index in [0.29, 0.717) is 5.02 Å². The number of allylic oxidation sites excluding steroid dienone is 3. The lowest BCUT2D eigenvalue weighted by atomic mass is 9.90. The van der Waals surface area contributed by atoms with Crippen molar-refractivity contribution in [1.82, 2.24) is 20.1 Å². The summed E-state index contributed by atoms with van der Waals surface area (Å²) >= 11 is 12.3. The van der Waals surface area contributed by atoms with Crippen LogP contribution in [0.2, 0.25) is 5.02 Å². The molecule has 2 aliphatic rings. The molecule has 2 N–H and O–H groups in total. The van der Waals surface area contributed by atoms with Crippen LogP contribution >= 0.6 is 23.2 Å².